The van der Waals surface area contributed by atoms with E-state index in [2.05, 4.69) is 20.2 Å². The van der Waals surface area contributed by atoms with Gasteiger partial charge < -0.3 is 5.32 Å². The van der Waals surface area contributed by atoms with Gasteiger partial charge in [0.1, 0.15) is 16.8 Å². The minimum absolute atomic E-state index is 0.510. The zero-order valence-electron chi connectivity index (χ0n) is 11.4. The Bertz CT molecular complexity index is 451. The molecule has 5 heteroatoms. The van der Waals surface area contributed by atoms with E-state index in [1.165, 1.54) is 38.8 Å². The summed E-state index contributed by atoms with van der Waals surface area (Å²) < 4.78 is 0. The molecule has 0 amide bonds. The van der Waals surface area contributed by atoms with Crippen LogP contribution in [-0.4, -0.2) is 40.0 Å². The Labute approximate surface area is 119 Å². The predicted octanol–water partition coefficient (Wildman–Crippen LogP) is 2.73. The third kappa shape index (κ3) is 2.84. The first-order chi connectivity index (χ1) is 9.26. The summed E-state index contributed by atoms with van der Waals surface area (Å²) in [5.74, 6) is 1.70. The van der Waals surface area contributed by atoms with Crippen molar-refractivity contribution in [2.45, 2.75) is 51.1 Å². The number of hydrogen-bond acceptors (Lipinski definition) is 4. The maximum absolute atomic E-state index is 6.05. The number of aryl methyl sites for hydroxylation is 1. The topological polar surface area (TPSA) is 41.1 Å². The van der Waals surface area contributed by atoms with Gasteiger partial charge in [-0.3, -0.25) is 4.90 Å². The molecule has 3 heterocycles. The van der Waals surface area contributed by atoms with Crippen LogP contribution in [0.3, 0.4) is 0 Å². The van der Waals surface area contributed by atoms with Gasteiger partial charge in [-0.25, -0.2) is 9.97 Å². The molecule has 2 saturated heterocycles. The second kappa shape index (κ2) is 5.63. The average molecular weight is 281 g/mol. The fourth-order valence-electron chi connectivity index (χ4n) is 3.30. The molecule has 3 rings (SSSR count). The monoisotopic (exact) mass is 280 g/mol. The van der Waals surface area contributed by atoms with Crippen molar-refractivity contribution in [1.29, 1.82) is 0 Å². The van der Waals surface area contributed by atoms with Gasteiger partial charge in [0.05, 0.1) is 0 Å². The second-order valence-corrected chi connectivity index (χ2v) is 5.87. The Balaban J connectivity index is 1.72. The molecule has 2 aliphatic heterocycles. The first-order valence-corrected chi connectivity index (χ1v) is 7.68. The number of rotatable bonds is 3. The Morgan fingerprint density at radius 1 is 1.32 bits per heavy atom. The number of halogens is 1. The van der Waals surface area contributed by atoms with E-state index in [1.807, 2.05) is 13.0 Å². The molecule has 0 spiro atoms. The molecule has 1 aromatic rings. The standard InChI is InChI=1S/C14H21ClN4/c1-2-13-17-12(15)9-14(18-13)16-10-6-8-19-7-4-3-5-11(10)19/h9-11H,2-8H2,1H3,(H,16,17,18). The molecule has 1 aromatic heterocycles. The van der Waals surface area contributed by atoms with Crippen LogP contribution in [0.25, 0.3) is 0 Å². The molecule has 2 atom stereocenters. The van der Waals surface area contributed by atoms with Gasteiger partial charge in [-0.05, 0) is 25.8 Å². The van der Waals surface area contributed by atoms with Crippen molar-refractivity contribution in [3.8, 4) is 0 Å². The molecule has 2 aliphatic rings. The minimum atomic E-state index is 0.510. The molecule has 2 unspecified atom stereocenters. The Kier molecular flexibility index (Phi) is 3.89. The first kappa shape index (κ1) is 13.1. The van der Waals surface area contributed by atoms with Gasteiger partial charge in [0, 0.05) is 31.1 Å². The number of nitrogens with zero attached hydrogens (tertiary/aromatic N) is 3. The van der Waals surface area contributed by atoms with E-state index in [-0.39, 0.29) is 0 Å². The zero-order chi connectivity index (χ0) is 13.2. The first-order valence-electron chi connectivity index (χ1n) is 7.30. The van der Waals surface area contributed by atoms with Crippen LogP contribution in [0.4, 0.5) is 5.82 Å². The second-order valence-electron chi connectivity index (χ2n) is 5.48. The third-order valence-corrected chi connectivity index (χ3v) is 4.44. The summed E-state index contributed by atoms with van der Waals surface area (Å²) in [5, 5.41) is 4.11. The van der Waals surface area contributed by atoms with Crippen molar-refractivity contribution in [3.05, 3.63) is 17.0 Å². The maximum Gasteiger partial charge on any atom is 0.134 e. The number of fused-ring (bicyclic) bond motifs is 1. The molecule has 1 N–H and O–H groups in total. The summed E-state index contributed by atoms with van der Waals surface area (Å²) in [6.45, 7) is 4.52. The fraction of sp³-hybridized carbons (Fsp3) is 0.714. The lowest BCUT2D eigenvalue weighted by atomic mass is 9.99. The largest absolute Gasteiger partial charge is 0.366 e. The quantitative estimate of drug-likeness (QED) is 0.865. The van der Waals surface area contributed by atoms with Crippen molar-refractivity contribution in [2.75, 3.05) is 18.4 Å². The van der Waals surface area contributed by atoms with E-state index in [4.69, 9.17) is 11.6 Å². The SMILES string of the molecule is CCc1nc(Cl)cc(NC2CCN3CCCCC23)n1. The fourth-order valence-corrected chi connectivity index (χ4v) is 3.50. The highest BCUT2D eigenvalue weighted by molar-refractivity contribution is 6.29. The highest BCUT2D eigenvalue weighted by Crippen LogP contribution is 2.29. The Hall–Kier alpha value is -0.870. The van der Waals surface area contributed by atoms with Crippen molar-refractivity contribution >= 4 is 17.4 Å². The summed E-state index contributed by atoms with van der Waals surface area (Å²) in [7, 11) is 0. The summed E-state index contributed by atoms with van der Waals surface area (Å²) in [6.07, 6.45) is 6.02. The van der Waals surface area contributed by atoms with Crippen LogP contribution in [0.1, 0.15) is 38.4 Å². The van der Waals surface area contributed by atoms with Crippen molar-refractivity contribution in [3.63, 3.8) is 0 Å². The van der Waals surface area contributed by atoms with Gasteiger partial charge in [0.15, 0.2) is 0 Å². The van der Waals surface area contributed by atoms with Gasteiger partial charge >= 0.3 is 0 Å². The van der Waals surface area contributed by atoms with Gasteiger partial charge in [0.25, 0.3) is 0 Å². The lowest BCUT2D eigenvalue weighted by molar-refractivity contribution is 0.192. The van der Waals surface area contributed by atoms with Crippen LogP contribution in [0.5, 0.6) is 0 Å². The van der Waals surface area contributed by atoms with E-state index in [0.29, 0.717) is 17.2 Å². The smallest absolute Gasteiger partial charge is 0.134 e. The summed E-state index contributed by atoms with van der Waals surface area (Å²) in [6, 6.07) is 3.02. The lowest BCUT2D eigenvalue weighted by Crippen LogP contribution is -2.41. The normalized spacial score (nSPS) is 27.3. The molecule has 2 fully saturated rings. The van der Waals surface area contributed by atoms with Crippen LogP contribution in [0, 0.1) is 0 Å². The highest BCUT2D eigenvalue weighted by atomic mass is 35.5. The highest BCUT2D eigenvalue weighted by Gasteiger charge is 2.35. The molecular weight excluding hydrogens is 260 g/mol. The summed E-state index contributed by atoms with van der Waals surface area (Å²) in [5.41, 5.74) is 0. The zero-order valence-corrected chi connectivity index (χ0v) is 12.2. The summed E-state index contributed by atoms with van der Waals surface area (Å²) >= 11 is 6.05. The molecule has 0 radical (unpaired) electrons. The lowest BCUT2D eigenvalue weighted by Gasteiger charge is -2.32. The number of piperidine rings is 1. The van der Waals surface area contributed by atoms with Gasteiger partial charge in [-0.15, -0.1) is 0 Å². The molecule has 4 nitrogen and oxygen atoms in total. The number of nitrogens with one attached hydrogen (secondary N) is 1. The molecule has 19 heavy (non-hydrogen) atoms. The van der Waals surface area contributed by atoms with E-state index in [1.54, 1.807) is 0 Å². The summed E-state index contributed by atoms with van der Waals surface area (Å²) in [4.78, 5) is 11.4. The van der Waals surface area contributed by atoms with Crippen LogP contribution in [-0.2, 0) is 6.42 Å². The van der Waals surface area contributed by atoms with Crippen molar-refractivity contribution < 1.29 is 0 Å². The van der Waals surface area contributed by atoms with E-state index in [9.17, 15) is 0 Å². The number of hydrogen-bond donors (Lipinski definition) is 1. The molecule has 0 saturated carbocycles. The molecule has 0 aliphatic carbocycles. The maximum atomic E-state index is 6.05. The van der Waals surface area contributed by atoms with Gasteiger partial charge in [-0.2, -0.15) is 0 Å². The van der Waals surface area contributed by atoms with Crippen molar-refractivity contribution in [1.82, 2.24) is 14.9 Å². The third-order valence-electron chi connectivity index (χ3n) is 4.25. The van der Waals surface area contributed by atoms with Gasteiger partial charge in [-0.1, -0.05) is 24.9 Å². The molecule has 104 valence electrons. The van der Waals surface area contributed by atoms with Crippen LogP contribution >= 0.6 is 11.6 Å². The van der Waals surface area contributed by atoms with E-state index >= 15 is 0 Å². The van der Waals surface area contributed by atoms with Crippen molar-refractivity contribution in [2.24, 2.45) is 0 Å². The van der Waals surface area contributed by atoms with Crippen LogP contribution < -0.4 is 5.32 Å². The van der Waals surface area contributed by atoms with Crippen LogP contribution in [0.15, 0.2) is 6.07 Å². The predicted molar refractivity (Wildman–Crippen MR) is 77.7 cm³/mol. The van der Waals surface area contributed by atoms with Gasteiger partial charge in [0.2, 0.25) is 0 Å². The van der Waals surface area contributed by atoms with E-state index < -0.39 is 0 Å². The van der Waals surface area contributed by atoms with E-state index in [0.717, 1.165) is 18.1 Å². The minimum Gasteiger partial charge on any atom is -0.366 e. The van der Waals surface area contributed by atoms with Crippen LogP contribution in [0.2, 0.25) is 5.15 Å². The Morgan fingerprint density at radius 3 is 3.05 bits per heavy atom. The molecule has 0 aromatic carbocycles. The number of anilines is 1. The molecular formula is C14H21ClN4. The molecule has 0 bridgehead atoms. The number of aromatic nitrogens is 2. The Morgan fingerprint density at radius 2 is 2.21 bits per heavy atom. The average Bonchev–Trinajstić information content (AvgIpc) is 2.82.